The number of aromatic nitrogens is 2. The molecule has 1 aromatic rings. The normalized spacial score (nSPS) is 12.0. The van der Waals surface area contributed by atoms with E-state index in [9.17, 15) is 0 Å². The van der Waals surface area contributed by atoms with Gasteiger partial charge in [0, 0.05) is 6.42 Å². The lowest BCUT2D eigenvalue weighted by Crippen LogP contribution is -2.30. The fourth-order valence-corrected chi connectivity index (χ4v) is 1.85. The molecule has 1 aromatic heterocycles. The van der Waals surface area contributed by atoms with Crippen molar-refractivity contribution in [2.45, 2.75) is 77.7 Å². The average Bonchev–Trinajstić information content (AvgIpc) is 2.76. The van der Waals surface area contributed by atoms with Crippen molar-refractivity contribution in [3.63, 3.8) is 0 Å². The van der Waals surface area contributed by atoms with E-state index in [1.807, 2.05) is 13.8 Å². The minimum absolute atomic E-state index is 0.512. The summed E-state index contributed by atoms with van der Waals surface area (Å²) in [7, 11) is 0. The van der Waals surface area contributed by atoms with Gasteiger partial charge in [0.2, 0.25) is 5.89 Å². The Morgan fingerprint density at radius 1 is 1.06 bits per heavy atom. The highest BCUT2D eigenvalue weighted by molar-refractivity contribution is 4.98. The van der Waals surface area contributed by atoms with Gasteiger partial charge in [-0.2, -0.15) is 4.98 Å². The predicted octanol–water partition coefficient (Wildman–Crippen LogP) is 3.56. The van der Waals surface area contributed by atoms with E-state index in [1.54, 1.807) is 0 Å². The molecule has 2 N–H and O–H groups in total. The van der Waals surface area contributed by atoms with Crippen molar-refractivity contribution >= 4 is 0 Å². The zero-order chi connectivity index (χ0) is 13.4. The smallest absolute Gasteiger partial charge is 0.226 e. The number of rotatable bonds is 9. The highest BCUT2D eigenvalue weighted by atomic mass is 16.5. The Morgan fingerprint density at radius 3 is 2.22 bits per heavy atom. The van der Waals surface area contributed by atoms with E-state index in [-0.39, 0.29) is 0 Å². The molecule has 0 bridgehead atoms. The van der Waals surface area contributed by atoms with Crippen LogP contribution in [-0.2, 0) is 12.0 Å². The number of nitrogens with zero attached hydrogens (tertiary/aromatic N) is 2. The summed E-state index contributed by atoms with van der Waals surface area (Å²) >= 11 is 0. The van der Waals surface area contributed by atoms with Crippen LogP contribution in [0, 0.1) is 0 Å². The first-order chi connectivity index (χ1) is 8.54. The van der Waals surface area contributed by atoms with Crippen molar-refractivity contribution in [3.05, 3.63) is 11.7 Å². The third-order valence-electron chi connectivity index (χ3n) is 3.04. The third-order valence-corrected chi connectivity index (χ3v) is 3.04. The molecule has 18 heavy (non-hydrogen) atoms. The first kappa shape index (κ1) is 15.2. The quantitative estimate of drug-likeness (QED) is 0.683. The van der Waals surface area contributed by atoms with Gasteiger partial charge in [-0.15, -0.1) is 0 Å². The number of unbranched alkanes of at least 4 members (excludes halogenated alkanes) is 6. The van der Waals surface area contributed by atoms with Crippen LogP contribution < -0.4 is 5.73 Å². The van der Waals surface area contributed by atoms with E-state index < -0.39 is 5.54 Å². The first-order valence-corrected chi connectivity index (χ1v) is 7.16. The van der Waals surface area contributed by atoms with Crippen LogP contribution in [0.25, 0.3) is 0 Å². The van der Waals surface area contributed by atoms with Crippen LogP contribution in [0.4, 0.5) is 0 Å². The van der Waals surface area contributed by atoms with Gasteiger partial charge in [0.15, 0.2) is 5.82 Å². The van der Waals surface area contributed by atoms with Gasteiger partial charge in [0.25, 0.3) is 0 Å². The molecule has 0 radical (unpaired) electrons. The summed E-state index contributed by atoms with van der Waals surface area (Å²) < 4.78 is 5.20. The monoisotopic (exact) mass is 253 g/mol. The molecule has 0 amide bonds. The first-order valence-electron chi connectivity index (χ1n) is 7.16. The van der Waals surface area contributed by atoms with E-state index in [1.165, 1.54) is 38.5 Å². The zero-order valence-corrected chi connectivity index (χ0v) is 12.0. The van der Waals surface area contributed by atoms with E-state index in [2.05, 4.69) is 17.1 Å². The van der Waals surface area contributed by atoms with Gasteiger partial charge in [-0.3, -0.25) is 0 Å². The van der Waals surface area contributed by atoms with Crippen LogP contribution in [-0.4, -0.2) is 10.1 Å². The van der Waals surface area contributed by atoms with E-state index in [0.29, 0.717) is 5.82 Å². The van der Waals surface area contributed by atoms with Crippen molar-refractivity contribution in [2.24, 2.45) is 5.73 Å². The summed E-state index contributed by atoms with van der Waals surface area (Å²) in [5.41, 5.74) is 5.40. The summed E-state index contributed by atoms with van der Waals surface area (Å²) in [6, 6.07) is 0. The van der Waals surface area contributed by atoms with Crippen LogP contribution in [0.2, 0.25) is 0 Å². The maximum atomic E-state index is 5.91. The van der Waals surface area contributed by atoms with Crippen molar-refractivity contribution < 1.29 is 4.52 Å². The van der Waals surface area contributed by atoms with Crippen LogP contribution in [0.3, 0.4) is 0 Å². The van der Waals surface area contributed by atoms with Gasteiger partial charge in [-0.1, -0.05) is 50.6 Å². The molecule has 0 aliphatic heterocycles. The van der Waals surface area contributed by atoms with Crippen LogP contribution in [0.1, 0.15) is 77.4 Å². The molecule has 0 spiro atoms. The minimum atomic E-state index is -0.512. The molecule has 0 saturated heterocycles. The second-order valence-corrected chi connectivity index (χ2v) is 5.60. The lowest BCUT2D eigenvalue weighted by Gasteiger charge is -2.11. The standard InChI is InChI=1S/C14H27N3O/c1-4-5-6-7-8-9-10-11-12-16-13(17-18-12)14(2,3)15/h4-11,15H2,1-3H3. The molecular formula is C14H27N3O. The largest absolute Gasteiger partial charge is 0.339 e. The molecule has 4 heteroatoms. The Bertz CT molecular complexity index is 328. The predicted molar refractivity (Wildman–Crippen MR) is 73.2 cm³/mol. The molecule has 0 fully saturated rings. The Hall–Kier alpha value is -0.900. The van der Waals surface area contributed by atoms with Gasteiger partial charge in [-0.25, -0.2) is 0 Å². The van der Waals surface area contributed by atoms with Gasteiger partial charge >= 0.3 is 0 Å². The molecule has 0 aliphatic rings. The fourth-order valence-electron chi connectivity index (χ4n) is 1.85. The van der Waals surface area contributed by atoms with Gasteiger partial charge < -0.3 is 10.3 Å². The highest BCUT2D eigenvalue weighted by Gasteiger charge is 2.21. The third kappa shape index (κ3) is 5.63. The molecule has 0 aromatic carbocycles. The summed E-state index contributed by atoms with van der Waals surface area (Å²) in [5.74, 6) is 1.32. The maximum Gasteiger partial charge on any atom is 0.226 e. The minimum Gasteiger partial charge on any atom is -0.339 e. The van der Waals surface area contributed by atoms with Crippen molar-refractivity contribution in [1.82, 2.24) is 10.1 Å². The summed E-state index contributed by atoms with van der Waals surface area (Å²) in [6.07, 6.45) is 9.92. The molecular weight excluding hydrogens is 226 g/mol. The molecule has 0 atom stereocenters. The number of aryl methyl sites for hydroxylation is 1. The number of hydrogen-bond acceptors (Lipinski definition) is 4. The van der Waals surface area contributed by atoms with E-state index >= 15 is 0 Å². The second-order valence-electron chi connectivity index (χ2n) is 5.60. The lowest BCUT2D eigenvalue weighted by molar-refractivity contribution is 0.357. The zero-order valence-electron chi connectivity index (χ0n) is 12.0. The molecule has 104 valence electrons. The summed E-state index contributed by atoms with van der Waals surface area (Å²) in [6.45, 7) is 6.01. The molecule has 0 saturated carbocycles. The SMILES string of the molecule is CCCCCCCCCc1nc(C(C)(C)N)no1. The molecule has 0 aliphatic carbocycles. The van der Waals surface area contributed by atoms with E-state index in [4.69, 9.17) is 10.3 Å². The molecule has 1 rings (SSSR count). The Kier molecular flexibility index (Phi) is 6.33. The van der Waals surface area contributed by atoms with Crippen molar-refractivity contribution in [1.29, 1.82) is 0 Å². The van der Waals surface area contributed by atoms with Crippen LogP contribution in [0.5, 0.6) is 0 Å². The Labute approximate surface area is 110 Å². The lowest BCUT2D eigenvalue weighted by atomic mass is 10.1. The van der Waals surface area contributed by atoms with Gasteiger partial charge in [0.1, 0.15) is 0 Å². The molecule has 1 heterocycles. The maximum absolute atomic E-state index is 5.91. The van der Waals surface area contributed by atoms with Crippen LogP contribution >= 0.6 is 0 Å². The Balaban J connectivity index is 2.14. The molecule has 4 nitrogen and oxygen atoms in total. The number of hydrogen-bond donors (Lipinski definition) is 1. The second kappa shape index (κ2) is 7.52. The van der Waals surface area contributed by atoms with Crippen LogP contribution in [0.15, 0.2) is 4.52 Å². The Morgan fingerprint density at radius 2 is 1.67 bits per heavy atom. The van der Waals surface area contributed by atoms with Crippen molar-refractivity contribution in [3.8, 4) is 0 Å². The molecule has 0 unspecified atom stereocenters. The fraction of sp³-hybridized carbons (Fsp3) is 0.857. The average molecular weight is 253 g/mol. The summed E-state index contributed by atoms with van der Waals surface area (Å²) in [4.78, 5) is 4.33. The van der Waals surface area contributed by atoms with Gasteiger partial charge in [-0.05, 0) is 20.3 Å². The van der Waals surface area contributed by atoms with Crippen molar-refractivity contribution in [2.75, 3.05) is 0 Å². The van der Waals surface area contributed by atoms with E-state index in [0.717, 1.165) is 18.7 Å². The number of nitrogens with two attached hydrogens (primary N) is 1. The summed E-state index contributed by atoms with van der Waals surface area (Å²) in [5, 5.41) is 3.92. The highest BCUT2D eigenvalue weighted by Crippen LogP contribution is 2.14. The topological polar surface area (TPSA) is 64.9 Å². The van der Waals surface area contributed by atoms with Gasteiger partial charge in [0.05, 0.1) is 5.54 Å².